The fourth-order valence-electron chi connectivity index (χ4n) is 2.00. The van der Waals surface area contributed by atoms with Gasteiger partial charge in [-0.1, -0.05) is 11.6 Å². The van der Waals surface area contributed by atoms with Gasteiger partial charge < -0.3 is 10.1 Å². The first kappa shape index (κ1) is 17.5. The zero-order valence-electron chi connectivity index (χ0n) is 13.1. The highest BCUT2D eigenvalue weighted by Crippen LogP contribution is 2.27. The Morgan fingerprint density at radius 3 is 2.32 bits per heavy atom. The summed E-state index contributed by atoms with van der Waals surface area (Å²) < 4.78 is 32.6. The number of sulfonamides is 1. The predicted molar refractivity (Wildman–Crippen MR) is 101 cm³/mol. The van der Waals surface area contributed by atoms with Gasteiger partial charge in [0.1, 0.15) is 15.8 Å². The minimum atomic E-state index is -3.66. The van der Waals surface area contributed by atoms with E-state index in [0.717, 1.165) is 22.8 Å². The second kappa shape index (κ2) is 7.30. The molecule has 0 aliphatic carbocycles. The fourth-order valence-corrected chi connectivity index (χ4v) is 4.52. The molecule has 2 aromatic heterocycles. The summed E-state index contributed by atoms with van der Waals surface area (Å²) in [6.07, 6.45) is 1.44. The summed E-state index contributed by atoms with van der Waals surface area (Å²) in [4.78, 5) is 4.21. The van der Waals surface area contributed by atoms with E-state index in [0.29, 0.717) is 15.8 Å². The van der Waals surface area contributed by atoms with Crippen molar-refractivity contribution in [2.75, 3.05) is 17.1 Å². The number of thiophene rings is 1. The van der Waals surface area contributed by atoms with E-state index in [1.54, 1.807) is 25.3 Å². The van der Waals surface area contributed by atoms with E-state index in [2.05, 4.69) is 15.0 Å². The summed E-state index contributed by atoms with van der Waals surface area (Å²) in [5.74, 6) is 1.35. The van der Waals surface area contributed by atoms with Gasteiger partial charge in [-0.15, -0.1) is 11.3 Å². The number of rotatable bonds is 6. The van der Waals surface area contributed by atoms with E-state index < -0.39 is 10.0 Å². The number of ether oxygens (including phenoxy) is 1. The summed E-state index contributed by atoms with van der Waals surface area (Å²) in [6.45, 7) is 0. The van der Waals surface area contributed by atoms with E-state index in [9.17, 15) is 8.42 Å². The molecule has 0 unspecified atom stereocenters. The van der Waals surface area contributed by atoms with Gasteiger partial charge in [0.25, 0.3) is 10.0 Å². The first-order valence-corrected chi connectivity index (χ1v) is 9.79. The van der Waals surface area contributed by atoms with Gasteiger partial charge in [-0.2, -0.15) is 0 Å². The molecule has 2 heterocycles. The summed E-state index contributed by atoms with van der Waals surface area (Å²) in [5.41, 5.74) is 1.21. The highest BCUT2D eigenvalue weighted by molar-refractivity contribution is 7.94. The van der Waals surface area contributed by atoms with E-state index in [4.69, 9.17) is 16.3 Å². The molecule has 0 saturated carbocycles. The minimum absolute atomic E-state index is 0.151. The van der Waals surface area contributed by atoms with Crippen molar-refractivity contribution in [1.29, 1.82) is 0 Å². The number of hydrogen-bond acceptors (Lipinski definition) is 6. The Hall–Kier alpha value is -2.29. The van der Waals surface area contributed by atoms with Crippen LogP contribution >= 0.6 is 22.9 Å². The molecule has 0 radical (unpaired) electrons. The number of nitrogens with zero attached hydrogens (tertiary/aromatic N) is 1. The highest BCUT2D eigenvalue weighted by atomic mass is 35.5. The molecular formula is C16H14ClN3O3S2. The Balaban J connectivity index is 1.69. The quantitative estimate of drug-likeness (QED) is 0.648. The molecule has 0 atom stereocenters. The number of anilines is 3. The highest BCUT2D eigenvalue weighted by Gasteiger charge is 2.16. The lowest BCUT2D eigenvalue weighted by molar-refractivity contribution is 0.415. The van der Waals surface area contributed by atoms with Gasteiger partial charge in [0.15, 0.2) is 0 Å². The van der Waals surface area contributed by atoms with Gasteiger partial charge >= 0.3 is 0 Å². The van der Waals surface area contributed by atoms with Crippen LogP contribution in [0.2, 0.25) is 4.34 Å². The van der Waals surface area contributed by atoms with Crippen LogP contribution in [0.5, 0.6) is 5.75 Å². The molecule has 0 aliphatic rings. The van der Waals surface area contributed by atoms with Crippen molar-refractivity contribution < 1.29 is 13.2 Å². The first-order valence-electron chi connectivity index (χ1n) is 7.11. The minimum Gasteiger partial charge on any atom is -0.497 e. The maximum absolute atomic E-state index is 12.2. The van der Waals surface area contributed by atoms with Crippen molar-refractivity contribution in [2.45, 2.75) is 4.21 Å². The number of benzene rings is 1. The zero-order valence-corrected chi connectivity index (χ0v) is 15.5. The van der Waals surface area contributed by atoms with Crippen molar-refractivity contribution in [3.8, 4) is 5.75 Å². The third-order valence-corrected chi connectivity index (χ3v) is 6.30. The molecule has 0 saturated heterocycles. The van der Waals surface area contributed by atoms with Crippen LogP contribution in [0.3, 0.4) is 0 Å². The van der Waals surface area contributed by atoms with Crippen molar-refractivity contribution in [3.63, 3.8) is 0 Å². The number of aromatic nitrogens is 1. The first-order chi connectivity index (χ1) is 12.0. The Kier molecular flexibility index (Phi) is 5.12. The average Bonchev–Trinajstić information content (AvgIpc) is 3.05. The van der Waals surface area contributed by atoms with E-state index in [1.165, 1.54) is 12.3 Å². The largest absolute Gasteiger partial charge is 0.497 e. The zero-order chi connectivity index (χ0) is 17.9. The lowest BCUT2D eigenvalue weighted by Gasteiger charge is -2.09. The monoisotopic (exact) mass is 395 g/mol. The standard InChI is InChI=1S/C16H14ClN3O3S2/c1-23-13-5-2-11(3-6-13)19-15-8-4-12(10-18-15)20-25(21,22)16-9-7-14(17)24-16/h2-10,20H,1H3,(H,18,19). The van der Waals surface area contributed by atoms with Crippen molar-refractivity contribution in [1.82, 2.24) is 4.98 Å². The summed E-state index contributed by atoms with van der Waals surface area (Å²) in [6, 6.07) is 13.7. The van der Waals surface area contributed by atoms with Gasteiger partial charge in [-0.3, -0.25) is 4.72 Å². The maximum atomic E-state index is 12.2. The Labute approximate surface area is 154 Å². The summed E-state index contributed by atoms with van der Waals surface area (Å²) in [5, 5.41) is 3.12. The molecule has 0 bridgehead atoms. The molecule has 0 amide bonds. The van der Waals surface area contributed by atoms with Gasteiger partial charge in [0.05, 0.1) is 23.3 Å². The van der Waals surface area contributed by atoms with Gasteiger partial charge in [0, 0.05) is 5.69 Å². The number of pyridine rings is 1. The van der Waals surface area contributed by atoms with Crippen LogP contribution in [0.4, 0.5) is 17.2 Å². The van der Waals surface area contributed by atoms with Crippen LogP contribution in [0.1, 0.15) is 0 Å². The van der Waals surface area contributed by atoms with Crippen LogP contribution in [0.15, 0.2) is 58.9 Å². The van der Waals surface area contributed by atoms with Crippen molar-refractivity contribution >= 4 is 50.2 Å². The van der Waals surface area contributed by atoms with Crippen molar-refractivity contribution in [3.05, 3.63) is 59.1 Å². The molecule has 130 valence electrons. The molecule has 25 heavy (non-hydrogen) atoms. The second-order valence-corrected chi connectivity index (χ2v) is 8.57. The van der Waals surface area contributed by atoms with Crippen LogP contribution in [-0.4, -0.2) is 20.5 Å². The average molecular weight is 396 g/mol. The van der Waals surface area contributed by atoms with Gasteiger partial charge in [0.2, 0.25) is 0 Å². The van der Waals surface area contributed by atoms with Crippen LogP contribution < -0.4 is 14.8 Å². The summed E-state index contributed by atoms with van der Waals surface area (Å²) >= 11 is 6.78. The normalized spacial score (nSPS) is 11.1. The molecular weight excluding hydrogens is 382 g/mol. The number of halogens is 1. The SMILES string of the molecule is COc1ccc(Nc2ccc(NS(=O)(=O)c3ccc(Cl)s3)cn2)cc1. The van der Waals surface area contributed by atoms with Gasteiger partial charge in [-0.05, 0) is 48.5 Å². The molecule has 1 aromatic carbocycles. The number of hydrogen-bond donors (Lipinski definition) is 2. The van der Waals surface area contributed by atoms with Crippen LogP contribution in [-0.2, 0) is 10.0 Å². The molecule has 0 fully saturated rings. The van der Waals surface area contributed by atoms with Crippen LogP contribution in [0, 0.1) is 0 Å². The molecule has 0 spiro atoms. The Bertz CT molecular complexity index is 955. The predicted octanol–water partition coefficient (Wildman–Crippen LogP) is 4.35. The molecule has 0 aliphatic heterocycles. The maximum Gasteiger partial charge on any atom is 0.271 e. The molecule has 3 aromatic rings. The third kappa shape index (κ3) is 4.41. The van der Waals surface area contributed by atoms with Crippen molar-refractivity contribution in [2.24, 2.45) is 0 Å². The number of nitrogens with one attached hydrogen (secondary N) is 2. The smallest absolute Gasteiger partial charge is 0.271 e. The van der Waals surface area contributed by atoms with Crippen LogP contribution in [0.25, 0.3) is 0 Å². The van der Waals surface area contributed by atoms with E-state index >= 15 is 0 Å². The molecule has 9 heteroatoms. The lowest BCUT2D eigenvalue weighted by atomic mass is 10.3. The fraction of sp³-hybridized carbons (Fsp3) is 0.0625. The second-order valence-electron chi connectivity index (χ2n) is 4.95. The third-order valence-electron chi connectivity index (χ3n) is 3.19. The topological polar surface area (TPSA) is 80.3 Å². The summed E-state index contributed by atoms with van der Waals surface area (Å²) in [7, 11) is -2.06. The Morgan fingerprint density at radius 2 is 1.76 bits per heavy atom. The molecule has 6 nitrogen and oxygen atoms in total. The van der Waals surface area contributed by atoms with E-state index in [-0.39, 0.29) is 4.21 Å². The van der Waals surface area contributed by atoms with E-state index in [1.807, 2.05) is 24.3 Å². The molecule has 2 N–H and O–H groups in total. The van der Waals surface area contributed by atoms with Gasteiger partial charge in [-0.25, -0.2) is 13.4 Å². The lowest BCUT2D eigenvalue weighted by Crippen LogP contribution is -2.11. The Morgan fingerprint density at radius 1 is 1.04 bits per heavy atom. The number of methoxy groups -OCH3 is 1. The molecule has 3 rings (SSSR count).